The van der Waals surface area contributed by atoms with Gasteiger partial charge < -0.3 is 4.57 Å². The van der Waals surface area contributed by atoms with Gasteiger partial charge in [-0.2, -0.15) is 0 Å². The fraction of sp³-hybridized carbons (Fsp3) is 0.421. The van der Waals surface area contributed by atoms with Crippen molar-refractivity contribution in [1.29, 1.82) is 0 Å². The molecule has 1 aromatic carbocycles. The maximum Gasteiger partial charge on any atom is 0.165 e. The molecule has 1 aliphatic carbocycles. The molecule has 0 radical (unpaired) electrons. The first-order valence-corrected chi connectivity index (χ1v) is 7.72. The summed E-state index contributed by atoms with van der Waals surface area (Å²) in [6, 6.07) is 10.5. The standard InChI is InChI=1S/C19H23NO/c1-14-6-4-5-7-15(14)8-10-20-11-9-16-17(20)12-19(2,3)13-18(16)21/h4-7,9,11H,8,10,12-13H2,1-3H3. The molecule has 0 saturated carbocycles. The van der Waals surface area contributed by atoms with Gasteiger partial charge in [0.15, 0.2) is 5.78 Å². The van der Waals surface area contributed by atoms with Gasteiger partial charge in [-0.05, 0) is 42.4 Å². The third-order valence-corrected chi connectivity index (χ3v) is 4.55. The zero-order valence-corrected chi connectivity index (χ0v) is 13.1. The summed E-state index contributed by atoms with van der Waals surface area (Å²) in [7, 11) is 0. The largest absolute Gasteiger partial charge is 0.350 e. The molecular weight excluding hydrogens is 258 g/mol. The Balaban J connectivity index is 1.82. The Morgan fingerprint density at radius 1 is 1.14 bits per heavy atom. The van der Waals surface area contributed by atoms with Crippen LogP contribution in [0.4, 0.5) is 0 Å². The van der Waals surface area contributed by atoms with E-state index in [0.717, 1.165) is 24.9 Å². The zero-order chi connectivity index (χ0) is 15.0. The van der Waals surface area contributed by atoms with E-state index in [1.165, 1.54) is 16.8 Å². The SMILES string of the molecule is Cc1ccccc1CCn1ccc2c1CC(C)(C)CC2=O. The van der Waals surface area contributed by atoms with Crippen LogP contribution in [-0.2, 0) is 19.4 Å². The number of aryl methyl sites for hydroxylation is 3. The maximum absolute atomic E-state index is 12.2. The topological polar surface area (TPSA) is 22.0 Å². The second-order valence-corrected chi connectivity index (χ2v) is 6.99. The second-order valence-electron chi connectivity index (χ2n) is 6.99. The Bertz CT molecular complexity index is 679. The van der Waals surface area contributed by atoms with Gasteiger partial charge in [-0.3, -0.25) is 4.79 Å². The van der Waals surface area contributed by atoms with E-state index in [4.69, 9.17) is 0 Å². The molecule has 1 heterocycles. The van der Waals surface area contributed by atoms with Crippen molar-refractivity contribution < 1.29 is 4.79 Å². The van der Waals surface area contributed by atoms with Gasteiger partial charge in [-0.1, -0.05) is 38.1 Å². The number of rotatable bonds is 3. The molecule has 0 aliphatic heterocycles. The van der Waals surface area contributed by atoms with Crippen LogP contribution in [0.25, 0.3) is 0 Å². The molecule has 2 nitrogen and oxygen atoms in total. The van der Waals surface area contributed by atoms with Crippen molar-refractivity contribution in [3.63, 3.8) is 0 Å². The fourth-order valence-electron chi connectivity index (χ4n) is 3.34. The van der Waals surface area contributed by atoms with Crippen molar-refractivity contribution in [1.82, 2.24) is 4.57 Å². The molecule has 2 heteroatoms. The molecule has 1 aliphatic rings. The van der Waals surface area contributed by atoms with Gasteiger partial charge in [0.1, 0.15) is 0 Å². The molecule has 110 valence electrons. The number of fused-ring (bicyclic) bond motifs is 1. The molecule has 0 N–H and O–H groups in total. The summed E-state index contributed by atoms with van der Waals surface area (Å²) in [5.74, 6) is 0.302. The highest BCUT2D eigenvalue weighted by Crippen LogP contribution is 2.35. The lowest BCUT2D eigenvalue weighted by atomic mass is 9.76. The summed E-state index contributed by atoms with van der Waals surface area (Å²) >= 11 is 0. The minimum Gasteiger partial charge on any atom is -0.350 e. The average molecular weight is 281 g/mol. The third-order valence-electron chi connectivity index (χ3n) is 4.55. The molecule has 0 amide bonds. The highest BCUT2D eigenvalue weighted by atomic mass is 16.1. The van der Waals surface area contributed by atoms with Gasteiger partial charge in [0, 0.05) is 30.4 Å². The van der Waals surface area contributed by atoms with Crippen LogP contribution >= 0.6 is 0 Å². The van der Waals surface area contributed by atoms with Gasteiger partial charge in [-0.15, -0.1) is 0 Å². The first kappa shape index (κ1) is 14.1. The lowest BCUT2D eigenvalue weighted by Crippen LogP contribution is -2.28. The molecule has 0 unspecified atom stereocenters. The van der Waals surface area contributed by atoms with Crippen molar-refractivity contribution in [2.45, 2.75) is 46.6 Å². The molecule has 3 rings (SSSR count). The predicted molar refractivity (Wildman–Crippen MR) is 85.7 cm³/mol. The number of hydrogen-bond donors (Lipinski definition) is 0. The molecule has 0 saturated heterocycles. The highest BCUT2D eigenvalue weighted by Gasteiger charge is 2.32. The van der Waals surface area contributed by atoms with Crippen molar-refractivity contribution in [2.24, 2.45) is 5.41 Å². The van der Waals surface area contributed by atoms with Crippen LogP contribution in [0, 0.1) is 12.3 Å². The van der Waals surface area contributed by atoms with Crippen LogP contribution in [0.15, 0.2) is 36.5 Å². The Hall–Kier alpha value is -1.83. The molecule has 2 aromatic rings. The summed E-state index contributed by atoms with van der Waals surface area (Å²) in [4.78, 5) is 12.2. The molecule has 0 bridgehead atoms. The highest BCUT2D eigenvalue weighted by molar-refractivity contribution is 5.98. The number of benzene rings is 1. The quantitative estimate of drug-likeness (QED) is 0.826. The fourth-order valence-corrected chi connectivity index (χ4v) is 3.34. The summed E-state index contributed by atoms with van der Waals surface area (Å²) in [6.45, 7) is 7.48. The van der Waals surface area contributed by atoms with Crippen LogP contribution in [0.3, 0.4) is 0 Å². The van der Waals surface area contributed by atoms with E-state index in [0.29, 0.717) is 12.2 Å². The van der Waals surface area contributed by atoms with Gasteiger partial charge in [0.25, 0.3) is 0 Å². The molecule has 0 atom stereocenters. The lowest BCUT2D eigenvalue weighted by Gasteiger charge is -2.29. The van der Waals surface area contributed by atoms with Gasteiger partial charge in [-0.25, -0.2) is 0 Å². The zero-order valence-electron chi connectivity index (χ0n) is 13.1. The lowest BCUT2D eigenvalue weighted by molar-refractivity contribution is 0.0910. The number of carbonyl (C=O) groups excluding carboxylic acids is 1. The molecular formula is C19H23NO. The average Bonchev–Trinajstić information content (AvgIpc) is 2.79. The van der Waals surface area contributed by atoms with Crippen LogP contribution in [-0.4, -0.2) is 10.4 Å². The monoisotopic (exact) mass is 281 g/mol. The smallest absolute Gasteiger partial charge is 0.165 e. The number of hydrogen-bond acceptors (Lipinski definition) is 1. The van der Waals surface area contributed by atoms with Gasteiger partial charge in [0.2, 0.25) is 0 Å². The third kappa shape index (κ3) is 2.80. The molecule has 1 aromatic heterocycles. The Morgan fingerprint density at radius 3 is 2.67 bits per heavy atom. The predicted octanol–water partition coefficient (Wildman–Crippen LogP) is 4.19. The Kier molecular flexibility index (Phi) is 3.48. The number of Topliss-reactive ketones (excluding diaryl/α,β-unsaturated/α-hetero) is 1. The van der Waals surface area contributed by atoms with Crippen LogP contribution in [0.5, 0.6) is 0 Å². The Morgan fingerprint density at radius 2 is 1.90 bits per heavy atom. The van der Waals surface area contributed by atoms with Crippen LogP contribution < -0.4 is 0 Å². The van der Waals surface area contributed by atoms with E-state index in [1.54, 1.807) is 0 Å². The van der Waals surface area contributed by atoms with Crippen molar-refractivity contribution in [3.8, 4) is 0 Å². The first-order valence-electron chi connectivity index (χ1n) is 7.72. The molecule has 21 heavy (non-hydrogen) atoms. The minimum atomic E-state index is 0.0862. The van der Waals surface area contributed by atoms with E-state index in [-0.39, 0.29) is 5.41 Å². The number of nitrogens with zero attached hydrogens (tertiary/aromatic N) is 1. The van der Waals surface area contributed by atoms with E-state index in [9.17, 15) is 4.79 Å². The minimum absolute atomic E-state index is 0.0862. The van der Waals surface area contributed by atoms with Crippen molar-refractivity contribution in [3.05, 3.63) is 58.9 Å². The summed E-state index contributed by atoms with van der Waals surface area (Å²) in [6.07, 6.45) is 4.77. The number of aromatic nitrogens is 1. The van der Waals surface area contributed by atoms with Gasteiger partial charge >= 0.3 is 0 Å². The van der Waals surface area contributed by atoms with E-state index in [1.807, 2.05) is 6.07 Å². The summed E-state index contributed by atoms with van der Waals surface area (Å²) < 4.78 is 2.28. The van der Waals surface area contributed by atoms with Crippen LogP contribution in [0.2, 0.25) is 0 Å². The molecule has 0 spiro atoms. The number of carbonyl (C=O) groups is 1. The number of ketones is 1. The summed E-state index contributed by atoms with van der Waals surface area (Å²) in [5, 5.41) is 0. The normalized spacial score (nSPS) is 16.8. The second kappa shape index (κ2) is 5.18. The van der Waals surface area contributed by atoms with Gasteiger partial charge in [0.05, 0.1) is 0 Å². The van der Waals surface area contributed by atoms with Crippen LogP contribution in [0.1, 0.15) is 47.4 Å². The maximum atomic E-state index is 12.2. The van der Waals surface area contributed by atoms with Crippen molar-refractivity contribution >= 4 is 5.78 Å². The molecule has 0 fully saturated rings. The van der Waals surface area contributed by atoms with E-state index < -0.39 is 0 Å². The van der Waals surface area contributed by atoms with E-state index in [2.05, 4.69) is 55.8 Å². The van der Waals surface area contributed by atoms with Crippen molar-refractivity contribution in [2.75, 3.05) is 0 Å². The summed E-state index contributed by atoms with van der Waals surface area (Å²) in [5.41, 5.74) is 4.99. The van der Waals surface area contributed by atoms with E-state index >= 15 is 0 Å². The Labute approximate surface area is 126 Å². The first-order chi connectivity index (χ1) is 9.96.